The average Bonchev–Trinajstić information content (AvgIpc) is 3.20. The molecule has 0 aliphatic heterocycles. The van der Waals surface area contributed by atoms with E-state index < -0.39 is 32.0 Å². The predicted molar refractivity (Wildman–Crippen MR) is 246 cm³/mol. The van der Waals surface area contributed by atoms with Gasteiger partial charge in [-0.15, -0.1) is 0 Å². The lowest BCUT2D eigenvalue weighted by Gasteiger charge is -2.25. The molecule has 4 unspecified atom stereocenters. The van der Waals surface area contributed by atoms with Crippen LogP contribution in [0, 0.1) is 0 Å². The number of carbonyl (C=O) groups is 1. The van der Waals surface area contributed by atoms with Gasteiger partial charge in [-0.1, -0.05) is 219 Å². The molecule has 0 aromatic carbocycles. The summed E-state index contributed by atoms with van der Waals surface area (Å²) < 4.78 is 22.2. The number of carbonyl (C=O) groups excluding carboxylic acids is 1. The van der Waals surface area contributed by atoms with Gasteiger partial charge < -0.3 is 26.2 Å². The third-order valence-electron chi connectivity index (χ3n) is 11.4. The maximum atomic E-state index is 12.9. The molecule has 0 fully saturated rings. The summed E-state index contributed by atoms with van der Waals surface area (Å²) in [5, 5.41) is 24.3. The molecule has 0 aliphatic rings. The zero-order valence-electron chi connectivity index (χ0n) is 38.2. The molecular weight excluding hydrogens is 748 g/mol. The number of hydrogen-bond acceptors (Lipinski definition) is 7. The Kier molecular flexibility index (Phi) is 43.7. The first-order chi connectivity index (χ1) is 28.3. The van der Waals surface area contributed by atoms with E-state index in [1.807, 2.05) is 0 Å². The van der Waals surface area contributed by atoms with Gasteiger partial charge in [0.05, 0.1) is 37.9 Å². The first kappa shape index (κ1) is 57.2. The van der Waals surface area contributed by atoms with Gasteiger partial charge in [-0.2, -0.15) is 0 Å². The quantitative estimate of drug-likeness (QED) is 0.0231. The van der Waals surface area contributed by atoms with Crippen LogP contribution in [0.25, 0.3) is 0 Å². The van der Waals surface area contributed by atoms with E-state index in [1.165, 1.54) is 173 Å². The number of amides is 1. The second-order valence-electron chi connectivity index (χ2n) is 17.2. The van der Waals surface area contributed by atoms with Crippen LogP contribution in [0.3, 0.4) is 0 Å². The summed E-state index contributed by atoms with van der Waals surface area (Å²) in [5.41, 5.74) is 5.38. The number of aliphatic hydroxyl groups is 2. The fourth-order valence-electron chi connectivity index (χ4n) is 7.65. The molecule has 0 saturated carbocycles. The van der Waals surface area contributed by atoms with Gasteiger partial charge in [0, 0.05) is 6.54 Å². The molecule has 10 heteroatoms. The molecule has 0 saturated heterocycles. The van der Waals surface area contributed by atoms with Crippen LogP contribution >= 0.6 is 7.82 Å². The van der Waals surface area contributed by atoms with Crippen molar-refractivity contribution in [1.29, 1.82) is 0 Å². The summed E-state index contributed by atoms with van der Waals surface area (Å²) in [5.74, 6) is -0.414. The van der Waals surface area contributed by atoms with Crippen molar-refractivity contribution in [2.24, 2.45) is 5.73 Å². The van der Waals surface area contributed by atoms with Crippen LogP contribution in [0.5, 0.6) is 0 Å². The lowest BCUT2D eigenvalue weighted by molar-refractivity contribution is -0.125. The number of allylic oxidation sites excluding steroid dienone is 2. The van der Waals surface area contributed by atoms with Crippen LogP contribution in [-0.4, -0.2) is 59.0 Å². The van der Waals surface area contributed by atoms with Gasteiger partial charge in [0.2, 0.25) is 5.91 Å². The highest BCUT2D eigenvalue weighted by Gasteiger charge is 2.28. The standard InChI is InChI=1S/C48H97N2O7P/c1-3-5-7-9-11-13-15-17-19-20-21-22-23-24-26-28-30-32-34-36-38-40-47(52)46(44-57-58(54,55)56-42-41-49)50-48(53)43-45(51)39-37-35-33-31-29-27-25-18-16-14-12-10-8-6-4-2/h18,25,45-47,51-52H,3-17,19-24,26-44,49H2,1-2H3,(H,50,53)(H,54,55)/b25-18-. The van der Waals surface area contributed by atoms with Crippen LogP contribution in [0.1, 0.15) is 251 Å². The van der Waals surface area contributed by atoms with Crippen LogP contribution in [-0.2, 0) is 18.4 Å². The lowest BCUT2D eigenvalue weighted by atomic mass is 10.0. The molecule has 58 heavy (non-hydrogen) atoms. The van der Waals surface area contributed by atoms with E-state index in [-0.39, 0.29) is 26.2 Å². The molecule has 6 N–H and O–H groups in total. The van der Waals surface area contributed by atoms with Crippen LogP contribution in [0.4, 0.5) is 0 Å². The molecule has 346 valence electrons. The third kappa shape index (κ3) is 41.9. The molecule has 0 aromatic rings. The number of nitrogens with one attached hydrogen (secondary N) is 1. The highest BCUT2D eigenvalue weighted by atomic mass is 31.2. The molecule has 1 amide bonds. The maximum absolute atomic E-state index is 12.9. The summed E-state index contributed by atoms with van der Waals surface area (Å²) in [6, 6.07) is -0.897. The summed E-state index contributed by atoms with van der Waals surface area (Å²) in [7, 11) is -4.38. The van der Waals surface area contributed by atoms with E-state index in [4.69, 9.17) is 14.8 Å². The van der Waals surface area contributed by atoms with Crippen molar-refractivity contribution in [3.63, 3.8) is 0 Å². The Bertz CT molecular complexity index is 940. The second-order valence-corrected chi connectivity index (χ2v) is 18.7. The molecule has 0 aliphatic carbocycles. The van der Waals surface area contributed by atoms with Gasteiger partial charge in [0.25, 0.3) is 0 Å². The fraction of sp³-hybridized carbons (Fsp3) is 0.938. The fourth-order valence-corrected chi connectivity index (χ4v) is 8.41. The topological polar surface area (TPSA) is 151 Å². The minimum Gasteiger partial charge on any atom is -0.393 e. The largest absolute Gasteiger partial charge is 0.472 e. The molecule has 0 aromatic heterocycles. The molecule has 0 heterocycles. The van der Waals surface area contributed by atoms with Gasteiger partial charge >= 0.3 is 7.82 Å². The zero-order chi connectivity index (χ0) is 42.6. The maximum Gasteiger partial charge on any atom is 0.472 e. The van der Waals surface area contributed by atoms with Crippen molar-refractivity contribution < 1.29 is 33.5 Å². The molecular formula is C48H97N2O7P. The average molecular weight is 845 g/mol. The Hall–Kier alpha value is -0.800. The minimum atomic E-state index is -4.38. The van der Waals surface area contributed by atoms with E-state index >= 15 is 0 Å². The van der Waals surface area contributed by atoms with Crippen LogP contribution in [0.2, 0.25) is 0 Å². The monoisotopic (exact) mass is 845 g/mol. The van der Waals surface area contributed by atoms with Crippen molar-refractivity contribution in [2.45, 2.75) is 270 Å². The van der Waals surface area contributed by atoms with Crippen LogP contribution in [0.15, 0.2) is 12.2 Å². The highest BCUT2D eigenvalue weighted by Crippen LogP contribution is 2.43. The summed E-state index contributed by atoms with van der Waals surface area (Å²) >= 11 is 0. The Labute approximate surface area is 358 Å². The van der Waals surface area contributed by atoms with Crippen LogP contribution < -0.4 is 11.1 Å². The third-order valence-corrected chi connectivity index (χ3v) is 12.4. The molecule has 4 atom stereocenters. The van der Waals surface area contributed by atoms with Crippen molar-refractivity contribution in [1.82, 2.24) is 5.32 Å². The van der Waals surface area contributed by atoms with Crippen molar-refractivity contribution in [3.05, 3.63) is 12.2 Å². The first-order valence-corrected chi connectivity index (χ1v) is 26.4. The number of phosphoric ester groups is 1. The first-order valence-electron chi connectivity index (χ1n) is 24.9. The molecule has 9 nitrogen and oxygen atoms in total. The number of nitrogens with two attached hydrogens (primary N) is 1. The highest BCUT2D eigenvalue weighted by molar-refractivity contribution is 7.47. The second kappa shape index (κ2) is 44.3. The van der Waals surface area contributed by atoms with E-state index in [9.17, 15) is 24.5 Å². The van der Waals surface area contributed by atoms with Gasteiger partial charge in [-0.25, -0.2) is 4.57 Å². The zero-order valence-corrected chi connectivity index (χ0v) is 39.1. The number of phosphoric acid groups is 1. The van der Waals surface area contributed by atoms with E-state index in [2.05, 4.69) is 31.3 Å². The van der Waals surface area contributed by atoms with Crippen molar-refractivity contribution in [2.75, 3.05) is 19.8 Å². The number of rotatable bonds is 47. The predicted octanol–water partition coefficient (Wildman–Crippen LogP) is 13.3. The summed E-state index contributed by atoms with van der Waals surface area (Å²) in [4.78, 5) is 22.9. The molecule has 0 radical (unpaired) electrons. The Morgan fingerprint density at radius 1 is 0.569 bits per heavy atom. The normalized spacial score (nSPS) is 14.5. The number of unbranched alkanes of at least 4 members (excludes halogenated alkanes) is 31. The summed E-state index contributed by atoms with van der Waals surface area (Å²) in [6.45, 7) is 4.07. The van der Waals surface area contributed by atoms with Gasteiger partial charge in [0.1, 0.15) is 0 Å². The Morgan fingerprint density at radius 2 is 0.931 bits per heavy atom. The van der Waals surface area contributed by atoms with Crippen molar-refractivity contribution >= 4 is 13.7 Å². The van der Waals surface area contributed by atoms with Crippen molar-refractivity contribution in [3.8, 4) is 0 Å². The van der Waals surface area contributed by atoms with Gasteiger partial charge in [0.15, 0.2) is 0 Å². The van der Waals surface area contributed by atoms with Gasteiger partial charge in [-0.3, -0.25) is 13.8 Å². The summed E-state index contributed by atoms with van der Waals surface area (Å²) in [6.07, 6.45) is 46.9. The van der Waals surface area contributed by atoms with E-state index in [0.29, 0.717) is 12.8 Å². The molecule has 0 rings (SSSR count). The number of hydrogen-bond donors (Lipinski definition) is 5. The Morgan fingerprint density at radius 3 is 1.33 bits per heavy atom. The van der Waals surface area contributed by atoms with E-state index in [0.717, 1.165) is 44.9 Å². The Balaban J connectivity index is 4.16. The van der Waals surface area contributed by atoms with E-state index in [1.54, 1.807) is 0 Å². The SMILES string of the molecule is CCCCCCCC/C=C\CCCCCCCC(O)CC(=O)NC(COP(=O)(O)OCCN)C(O)CCCCCCCCCCCCCCCCCCCCCCC. The van der Waals surface area contributed by atoms with Gasteiger partial charge in [-0.05, 0) is 38.5 Å². The minimum absolute atomic E-state index is 0.0603. The molecule has 0 spiro atoms. The smallest absolute Gasteiger partial charge is 0.393 e. The molecule has 0 bridgehead atoms. The lowest BCUT2D eigenvalue weighted by Crippen LogP contribution is -2.47. The number of aliphatic hydroxyl groups excluding tert-OH is 2.